The quantitative estimate of drug-likeness (QED) is 0.556. The van der Waals surface area contributed by atoms with Crippen LogP contribution in [0.5, 0.6) is 11.5 Å². The number of rotatable bonds is 5. The third-order valence-corrected chi connectivity index (χ3v) is 8.15. The highest BCUT2D eigenvalue weighted by molar-refractivity contribution is 7.96. The second kappa shape index (κ2) is 8.98. The van der Waals surface area contributed by atoms with Crippen LogP contribution in [0.25, 0.3) is 5.76 Å². The van der Waals surface area contributed by atoms with Crippen molar-refractivity contribution in [2.45, 2.75) is 12.5 Å². The van der Waals surface area contributed by atoms with Crippen LogP contribution in [-0.4, -0.2) is 22.6 Å². The van der Waals surface area contributed by atoms with Gasteiger partial charge in [-0.3, -0.25) is 4.31 Å². The summed E-state index contributed by atoms with van der Waals surface area (Å²) in [6.07, 6.45) is 0. The van der Waals surface area contributed by atoms with E-state index in [1.165, 1.54) is 18.5 Å². The molecule has 182 valence electrons. The topological polar surface area (TPSA) is 115 Å². The first-order valence-corrected chi connectivity index (χ1v) is 12.5. The van der Waals surface area contributed by atoms with Gasteiger partial charge in [0.2, 0.25) is 5.88 Å². The Morgan fingerprint density at radius 1 is 1.00 bits per heavy atom. The third kappa shape index (κ3) is 3.63. The molecule has 0 aliphatic carbocycles. The van der Waals surface area contributed by atoms with Crippen LogP contribution in [0.2, 0.25) is 0 Å². The summed E-state index contributed by atoms with van der Waals surface area (Å²) in [5.74, 6) is -0.159. The highest BCUT2D eigenvalue weighted by Crippen LogP contribution is 2.51. The normalized spacial score (nSPS) is 18.0. The van der Waals surface area contributed by atoms with Gasteiger partial charge in [-0.1, -0.05) is 48.5 Å². The Bertz CT molecular complexity index is 1560. The average Bonchev–Trinajstić information content (AvgIpc) is 2.90. The summed E-state index contributed by atoms with van der Waals surface area (Å²) >= 11 is 0. The maximum absolute atomic E-state index is 14.3. The standard InChI is InChI=1S/C27H23N3O5S/c1-33-22-13-12-18(14-23(22)34-2)24-20(15-28)27(29)35-25-19-10-6-7-11-21(19)30(36(31,32)26(24)25)16-17-8-4-3-5-9-17/h3-14,24H,16,29H2,1-2H3/t24-/m1/s1. The summed E-state index contributed by atoms with van der Waals surface area (Å²) in [6, 6.07) is 23.5. The number of nitrogens with two attached hydrogens (primary N) is 1. The molecule has 0 unspecified atom stereocenters. The lowest BCUT2D eigenvalue weighted by atomic mass is 9.88. The minimum atomic E-state index is -4.16. The second-order valence-corrected chi connectivity index (χ2v) is 10.1. The van der Waals surface area contributed by atoms with Gasteiger partial charge in [-0.2, -0.15) is 5.26 Å². The van der Waals surface area contributed by atoms with Crippen LogP contribution >= 0.6 is 0 Å². The first-order chi connectivity index (χ1) is 17.4. The minimum Gasteiger partial charge on any atom is -0.493 e. The zero-order valence-electron chi connectivity index (χ0n) is 19.6. The molecule has 3 aromatic carbocycles. The van der Waals surface area contributed by atoms with Gasteiger partial charge < -0.3 is 19.9 Å². The Labute approximate surface area is 209 Å². The number of nitriles is 1. The Balaban J connectivity index is 1.77. The molecule has 2 aliphatic rings. The molecule has 5 rings (SSSR count). The second-order valence-electron chi connectivity index (χ2n) is 8.25. The minimum absolute atomic E-state index is 0.00332. The van der Waals surface area contributed by atoms with E-state index in [1.807, 2.05) is 30.3 Å². The lowest BCUT2D eigenvalue weighted by Crippen LogP contribution is -2.39. The van der Waals surface area contributed by atoms with Crippen LogP contribution in [0, 0.1) is 11.3 Å². The third-order valence-electron chi connectivity index (χ3n) is 6.27. The maximum atomic E-state index is 14.3. The molecule has 0 aromatic heterocycles. The first-order valence-electron chi connectivity index (χ1n) is 11.1. The van der Waals surface area contributed by atoms with Crippen molar-refractivity contribution in [3.8, 4) is 17.6 Å². The number of sulfonamides is 1. The molecule has 2 N–H and O–H groups in total. The Morgan fingerprint density at radius 3 is 2.39 bits per heavy atom. The zero-order valence-corrected chi connectivity index (χ0v) is 20.5. The molecule has 0 amide bonds. The monoisotopic (exact) mass is 501 g/mol. The van der Waals surface area contributed by atoms with E-state index in [4.69, 9.17) is 19.9 Å². The highest BCUT2D eigenvalue weighted by Gasteiger charge is 2.47. The Hall–Kier alpha value is -4.42. The number of benzene rings is 3. The maximum Gasteiger partial charge on any atom is 0.265 e. The molecule has 8 nitrogen and oxygen atoms in total. The van der Waals surface area contributed by atoms with Crippen LogP contribution < -0.4 is 19.5 Å². The molecule has 0 radical (unpaired) electrons. The van der Waals surface area contributed by atoms with Crippen molar-refractivity contribution >= 4 is 21.5 Å². The summed E-state index contributed by atoms with van der Waals surface area (Å²) in [6.45, 7) is 0.108. The fraction of sp³-hybridized carbons (Fsp3) is 0.148. The molecule has 3 aromatic rings. The van der Waals surface area contributed by atoms with Crippen molar-refractivity contribution in [1.29, 1.82) is 5.26 Å². The van der Waals surface area contributed by atoms with E-state index in [2.05, 4.69) is 6.07 Å². The predicted molar refractivity (Wildman–Crippen MR) is 135 cm³/mol. The van der Waals surface area contributed by atoms with E-state index in [0.29, 0.717) is 28.3 Å². The number of para-hydroxylation sites is 1. The van der Waals surface area contributed by atoms with Gasteiger partial charge >= 0.3 is 0 Å². The van der Waals surface area contributed by atoms with Gasteiger partial charge in [0.25, 0.3) is 10.0 Å². The van der Waals surface area contributed by atoms with Gasteiger partial charge in [-0.05, 0) is 35.4 Å². The number of anilines is 1. The van der Waals surface area contributed by atoms with E-state index in [1.54, 1.807) is 42.5 Å². The molecular formula is C27H23N3O5S. The number of ether oxygens (including phenoxy) is 3. The fourth-order valence-corrected chi connectivity index (χ4v) is 6.51. The van der Waals surface area contributed by atoms with Crippen molar-refractivity contribution in [2.24, 2.45) is 5.73 Å². The van der Waals surface area contributed by atoms with Gasteiger partial charge in [0.05, 0.1) is 32.4 Å². The van der Waals surface area contributed by atoms with Crippen molar-refractivity contribution < 1.29 is 22.6 Å². The van der Waals surface area contributed by atoms with Crippen LogP contribution in [0.1, 0.15) is 22.6 Å². The summed E-state index contributed by atoms with van der Waals surface area (Å²) < 4.78 is 46.6. The summed E-state index contributed by atoms with van der Waals surface area (Å²) in [4.78, 5) is -0.0462. The number of hydrogen-bond donors (Lipinski definition) is 1. The van der Waals surface area contributed by atoms with Crippen molar-refractivity contribution in [3.05, 3.63) is 106 Å². The van der Waals surface area contributed by atoms with E-state index in [0.717, 1.165) is 5.56 Å². The van der Waals surface area contributed by atoms with Gasteiger partial charge in [-0.15, -0.1) is 0 Å². The van der Waals surface area contributed by atoms with Crippen molar-refractivity contribution in [3.63, 3.8) is 0 Å². The molecule has 0 saturated heterocycles. The molecule has 0 spiro atoms. The van der Waals surface area contributed by atoms with E-state index in [9.17, 15) is 13.7 Å². The van der Waals surface area contributed by atoms with Crippen molar-refractivity contribution in [1.82, 2.24) is 0 Å². The summed E-state index contributed by atoms with van der Waals surface area (Å²) in [7, 11) is -1.16. The van der Waals surface area contributed by atoms with Crippen LogP contribution in [0.3, 0.4) is 0 Å². The molecule has 9 heteroatoms. The predicted octanol–water partition coefficient (Wildman–Crippen LogP) is 4.23. The molecular weight excluding hydrogens is 478 g/mol. The van der Waals surface area contributed by atoms with Crippen molar-refractivity contribution in [2.75, 3.05) is 18.5 Å². The van der Waals surface area contributed by atoms with Gasteiger partial charge in [-0.25, -0.2) is 8.42 Å². The van der Waals surface area contributed by atoms with Gasteiger partial charge in [0.15, 0.2) is 17.3 Å². The number of hydrogen-bond acceptors (Lipinski definition) is 7. The van der Waals surface area contributed by atoms with Crippen LogP contribution in [0.4, 0.5) is 5.69 Å². The van der Waals surface area contributed by atoms with Gasteiger partial charge in [0.1, 0.15) is 16.5 Å². The molecule has 36 heavy (non-hydrogen) atoms. The van der Waals surface area contributed by atoms with E-state index in [-0.39, 0.29) is 28.7 Å². The Morgan fingerprint density at radius 2 is 1.69 bits per heavy atom. The fourth-order valence-electron chi connectivity index (χ4n) is 4.59. The SMILES string of the molecule is COc1ccc([C@@H]2C(C#N)=C(N)OC3=C2S(=O)(=O)N(Cc2ccccc2)c2ccccc23)cc1OC. The van der Waals surface area contributed by atoms with E-state index >= 15 is 0 Å². The largest absolute Gasteiger partial charge is 0.493 e. The van der Waals surface area contributed by atoms with Crippen LogP contribution in [0.15, 0.2) is 89.2 Å². The molecule has 0 fully saturated rings. The van der Waals surface area contributed by atoms with Gasteiger partial charge in [0, 0.05) is 5.56 Å². The summed E-state index contributed by atoms with van der Waals surface area (Å²) in [5.41, 5.74) is 8.56. The first kappa shape index (κ1) is 23.3. The lowest BCUT2D eigenvalue weighted by Gasteiger charge is -2.38. The molecule has 1 atom stereocenters. The summed E-state index contributed by atoms with van der Waals surface area (Å²) in [5, 5.41) is 10.0. The van der Waals surface area contributed by atoms with Crippen LogP contribution in [-0.2, 0) is 21.3 Å². The zero-order chi connectivity index (χ0) is 25.4. The number of nitrogens with zero attached hydrogens (tertiary/aromatic N) is 2. The molecule has 2 heterocycles. The number of fused-ring (bicyclic) bond motifs is 2. The number of allylic oxidation sites excluding steroid dienone is 2. The highest BCUT2D eigenvalue weighted by atomic mass is 32.2. The molecule has 0 saturated carbocycles. The number of methoxy groups -OCH3 is 2. The molecule has 2 aliphatic heterocycles. The van der Waals surface area contributed by atoms with E-state index < -0.39 is 15.9 Å². The lowest BCUT2D eigenvalue weighted by molar-refractivity contribution is 0.352. The average molecular weight is 502 g/mol. The smallest absolute Gasteiger partial charge is 0.265 e. The molecule has 0 bridgehead atoms. The Kier molecular flexibility index (Phi) is 5.82.